The molecule has 1 aromatic carbocycles. The van der Waals surface area contributed by atoms with Crippen LogP contribution in [0.2, 0.25) is 0 Å². The molecule has 0 radical (unpaired) electrons. The van der Waals surface area contributed by atoms with Gasteiger partial charge in [-0.05, 0) is 56.1 Å². The molecule has 3 rings (SSSR count). The summed E-state index contributed by atoms with van der Waals surface area (Å²) >= 11 is -0.127. The van der Waals surface area contributed by atoms with E-state index in [1.54, 1.807) is 12.1 Å². The SMILES string of the molecule is CC[C@H](C)Nc1nc(Nc2cccc(SC(F)(F)F)c2)cc(C2CC2)n1. The first-order valence-electron chi connectivity index (χ1n) is 8.60. The zero-order valence-electron chi connectivity index (χ0n) is 14.6. The Bertz CT molecular complexity index is 762. The van der Waals surface area contributed by atoms with Crippen molar-refractivity contribution in [1.82, 2.24) is 9.97 Å². The highest BCUT2D eigenvalue weighted by atomic mass is 32.2. The second-order valence-corrected chi connectivity index (χ2v) is 7.57. The molecular formula is C18H21F3N4S. The lowest BCUT2D eigenvalue weighted by Crippen LogP contribution is -2.16. The number of halogens is 3. The van der Waals surface area contributed by atoms with Crippen molar-refractivity contribution < 1.29 is 13.2 Å². The van der Waals surface area contributed by atoms with E-state index in [1.165, 1.54) is 12.1 Å². The summed E-state index contributed by atoms with van der Waals surface area (Å²) in [5, 5.41) is 6.38. The lowest BCUT2D eigenvalue weighted by molar-refractivity contribution is -0.0328. The number of aromatic nitrogens is 2. The Morgan fingerprint density at radius 1 is 1.23 bits per heavy atom. The van der Waals surface area contributed by atoms with Gasteiger partial charge in [0.2, 0.25) is 5.95 Å². The van der Waals surface area contributed by atoms with Gasteiger partial charge >= 0.3 is 5.51 Å². The molecular weight excluding hydrogens is 361 g/mol. The van der Waals surface area contributed by atoms with Crippen LogP contribution in [0.15, 0.2) is 35.2 Å². The van der Waals surface area contributed by atoms with Crippen LogP contribution < -0.4 is 10.6 Å². The summed E-state index contributed by atoms with van der Waals surface area (Å²) in [4.78, 5) is 9.18. The minimum absolute atomic E-state index is 0.127. The van der Waals surface area contributed by atoms with Crippen molar-refractivity contribution in [3.05, 3.63) is 36.0 Å². The number of hydrogen-bond donors (Lipinski definition) is 2. The molecule has 2 aromatic rings. The largest absolute Gasteiger partial charge is 0.446 e. The smallest absolute Gasteiger partial charge is 0.352 e. The van der Waals surface area contributed by atoms with Crippen LogP contribution in [-0.2, 0) is 0 Å². The van der Waals surface area contributed by atoms with Crippen LogP contribution in [0.25, 0.3) is 0 Å². The van der Waals surface area contributed by atoms with E-state index >= 15 is 0 Å². The number of alkyl halides is 3. The average molecular weight is 382 g/mol. The number of nitrogens with one attached hydrogen (secondary N) is 2. The maximum absolute atomic E-state index is 12.6. The Balaban J connectivity index is 1.81. The summed E-state index contributed by atoms with van der Waals surface area (Å²) in [7, 11) is 0. The van der Waals surface area contributed by atoms with Crippen molar-refractivity contribution in [3.8, 4) is 0 Å². The number of nitrogens with zero attached hydrogens (tertiary/aromatic N) is 2. The Morgan fingerprint density at radius 2 is 2.00 bits per heavy atom. The third kappa shape index (κ3) is 5.52. The van der Waals surface area contributed by atoms with Crippen LogP contribution in [0.3, 0.4) is 0 Å². The predicted molar refractivity (Wildman–Crippen MR) is 99.0 cm³/mol. The molecule has 0 aliphatic heterocycles. The summed E-state index contributed by atoms with van der Waals surface area (Å²) in [6, 6.07) is 8.35. The van der Waals surface area contributed by atoms with Crippen molar-refractivity contribution in [2.45, 2.75) is 55.5 Å². The highest BCUT2D eigenvalue weighted by Crippen LogP contribution is 2.40. The van der Waals surface area contributed by atoms with Gasteiger partial charge in [0.15, 0.2) is 0 Å². The fourth-order valence-electron chi connectivity index (χ4n) is 2.42. The highest BCUT2D eigenvalue weighted by Gasteiger charge is 2.29. The van der Waals surface area contributed by atoms with Gasteiger partial charge < -0.3 is 10.6 Å². The van der Waals surface area contributed by atoms with Gasteiger partial charge in [-0.1, -0.05) is 13.0 Å². The first-order valence-corrected chi connectivity index (χ1v) is 9.42. The molecule has 8 heteroatoms. The van der Waals surface area contributed by atoms with Crippen LogP contribution in [0, 0.1) is 0 Å². The molecule has 140 valence electrons. The van der Waals surface area contributed by atoms with E-state index in [-0.39, 0.29) is 22.7 Å². The predicted octanol–water partition coefficient (Wildman–Crippen LogP) is 5.92. The van der Waals surface area contributed by atoms with Gasteiger partial charge in [-0.3, -0.25) is 0 Å². The molecule has 1 heterocycles. The van der Waals surface area contributed by atoms with E-state index in [4.69, 9.17) is 0 Å². The number of rotatable bonds is 7. The van der Waals surface area contributed by atoms with E-state index in [9.17, 15) is 13.2 Å². The molecule has 0 saturated heterocycles. The summed E-state index contributed by atoms with van der Waals surface area (Å²) in [5.41, 5.74) is -2.77. The summed E-state index contributed by atoms with van der Waals surface area (Å²) in [6.45, 7) is 4.13. The Morgan fingerprint density at radius 3 is 2.65 bits per heavy atom. The number of hydrogen-bond acceptors (Lipinski definition) is 5. The van der Waals surface area contributed by atoms with Gasteiger partial charge in [0.25, 0.3) is 0 Å². The minimum Gasteiger partial charge on any atom is -0.352 e. The van der Waals surface area contributed by atoms with Gasteiger partial charge in [-0.15, -0.1) is 0 Å². The Hall–Kier alpha value is -1.96. The van der Waals surface area contributed by atoms with Gasteiger partial charge in [0.1, 0.15) is 5.82 Å². The third-order valence-corrected chi connectivity index (χ3v) is 4.79. The van der Waals surface area contributed by atoms with Crippen molar-refractivity contribution in [2.24, 2.45) is 0 Å². The van der Waals surface area contributed by atoms with Gasteiger partial charge in [0, 0.05) is 28.6 Å². The summed E-state index contributed by atoms with van der Waals surface area (Å²) in [5.74, 6) is 1.58. The lowest BCUT2D eigenvalue weighted by Gasteiger charge is -2.15. The molecule has 26 heavy (non-hydrogen) atoms. The first kappa shape index (κ1) is 18.8. The maximum Gasteiger partial charge on any atom is 0.446 e. The summed E-state index contributed by atoms with van der Waals surface area (Å²) in [6.07, 6.45) is 3.16. The fraction of sp³-hybridized carbons (Fsp3) is 0.444. The van der Waals surface area contributed by atoms with E-state index in [0.29, 0.717) is 23.4 Å². The average Bonchev–Trinajstić information content (AvgIpc) is 3.38. The fourth-order valence-corrected chi connectivity index (χ4v) is 3.02. The molecule has 1 saturated carbocycles. The van der Waals surface area contributed by atoms with Crippen LogP contribution in [0.1, 0.15) is 44.7 Å². The Kier molecular flexibility index (Phi) is 5.60. The van der Waals surface area contributed by atoms with Crippen LogP contribution in [0.4, 0.5) is 30.6 Å². The monoisotopic (exact) mass is 382 g/mol. The topological polar surface area (TPSA) is 49.8 Å². The number of thioether (sulfide) groups is 1. The van der Waals surface area contributed by atoms with Crippen LogP contribution in [-0.4, -0.2) is 21.5 Å². The maximum atomic E-state index is 12.6. The van der Waals surface area contributed by atoms with Crippen LogP contribution >= 0.6 is 11.8 Å². The number of anilines is 3. The van der Waals surface area contributed by atoms with Gasteiger partial charge in [0.05, 0.1) is 5.69 Å². The van der Waals surface area contributed by atoms with Crippen LogP contribution in [0.5, 0.6) is 0 Å². The number of benzene rings is 1. The molecule has 0 bridgehead atoms. The molecule has 1 atom stereocenters. The molecule has 0 unspecified atom stereocenters. The van der Waals surface area contributed by atoms with Gasteiger partial charge in [-0.2, -0.15) is 18.2 Å². The molecule has 1 fully saturated rings. The van der Waals surface area contributed by atoms with Crippen molar-refractivity contribution in [2.75, 3.05) is 10.6 Å². The molecule has 0 amide bonds. The molecule has 1 aliphatic rings. The second kappa shape index (κ2) is 7.73. The van der Waals surface area contributed by atoms with Crippen molar-refractivity contribution in [3.63, 3.8) is 0 Å². The normalized spacial score (nSPS) is 15.6. The second-order valence-electron chi connectivity index (χ2n) is 6.43. The molecule has 2 N–H and O–H groups in total. The van der Waals surface area contributed by atoms with E-state index in [1.807, 2.05) is 6.07 Å². The van der Waals surface area contributed by atoms with Crippen molar-refractivity contribution >= 4 is 29.2 Å². The zero-order chi connectivity index (χ0) is 18.7. The van der Waals surface area contributed by atoms with E-state index in [0.717, 1.165) is 25.0 Å². The first-order chi connectivity index (χ1) is 12.3. The Labute approximate surface area is 155 Å². The zero-order valence-corrected chi connectivity index (χ0v) is 15.4. The molecule has 1 aromatic heterocycles. The molecule has 4 nitrogen and oxygen atoms in total. The standard InChI is InChI=1S/C18H21F3N4S/c1-3-11(2)22-17-24-15(12-7-8-12)10-16(25-17)23-13-5-4-6-14(9-13)26-18(19,20)21/h4-6,9-12H,3,7-8H2,1-2H3,(H2,22,23,24,25)/t11-/m0/s1. The molecule has 0 spiro atoms. The highest BCUT2D eigenvalue weighted by molar-refractivity contribution is 8.00. The molecule has 1 aliphatic carbocycles. The van der Waals surface area contributed by atoms with E-state index in [2.05, 4.69) is 34.4 Å². The van der Waals surface area contributed by atoms with Crippen molar-refractivity contribution in [1.29, 1.82) is 0 Å². The third-order valence-electron chi connectivity index (χ3n) is 4.07. The minimum atomic E-state index is -4.31. The lowest BCUT2D eigenvalue weighted by atomic mass is 10.2. The van der Waals surface area contributed by atoms with Gasteiger partial charge in [-0.25, -0.2) is 4.98 Å². The van der Waals surface area contributed by atoms with E-state index < -0.39 is 5.51 Å². The quantitative estimate of drug-likeness (QED) is 0.582. The summed E-state index contributed by atoms with van der Waals surface area (Å²) < 4.78 is 37.7.